The van der Waals surface area contributed by atoms with E-state index in [-0.39, 0.29) is 13.0 Å². The standard InChI is InChI=1S/C11H20FNO3/c1-10(2,3)16-9(14)13-6-5-11(4,15)8(12)7-13/h8,15H,5-7H2,1-4H3/t8-,11?/m0/s1. The number of ether oxygens (including phenoxy) is 1. The molecule has 1 amide bonds. The number of hydrogen-bond acceptors (Lipinski definition) is 3. The van der Waals surface area contributed by atoms with Crippen LogP contribution in [0.1, 0.15) is 34.1 Å². The molecule has 1 fully saturated rings. The smallest absolute Gasteiger partial charge is 0.410 e. The highest BCUT2D eigenvalue weighted by Crippen LogP contribution is 2.25. The van der Waals surface area contributed by atoms with Crippen molar-refractivity contribution in [2.45, 2.75) is 51.5 Å². The van der Waals surface area contributed by atoms with Crippen molar-refractivity contribution in [2.24, 2.45) is 0 Å². The Morgan fingerprint density at radius 3 is 2.56 bits per heavy atom. The number of rotatable bonds is 0. The van der Waals surface area contributed by atoms with Gasteiger partial charge in [-0.2, -0.15) is 0 Å². The van der Waals surface area contributed by atoms with Crippen LogP contribution in [0.2, 0.25) is 0 Å². The number of likely N-dealkylation sites (tertiary alicyclic amines) is 1. The molecule has 0 aliphatic carbocycles. The first-order valence-corrected chi connectivity index (χ1v) is 5.46. The van der Waals surface area contributed by atoms with E-state index in [2.05, 4.69) is 0 Å². The summed E-state index contributed by atoms with van der Waals surface area (Å²) in [6, 6.07) is 0. The monoisotopic (exact) mass is 233 g/mol. The number of amides is 1. The van der Waals surface area contributed by atoms with Crippen molar-refractivity contribution >= 4 is 6.09 Å². The van der Waals surface area contributed by atoms with Gasteiger partial charge in [-0.05, 0) is 34.1 Å². The molecule has 1 rings (SSSR count). The number of alkyl halides is 1. The van der Waals surface area contributed by atoms with E-state index in [1.807, 2.05) is 0 Å². The van der Waals surface area contributed by atoms with E-state index in [1.165, 1.54) is 11.8 Å². The minimum absolute atomic E-state index is 0.109. The third kappa shape index (κ3) is 3.33. The maximum absolute atomic E-state index is 13.5. The van der Waals surface area contributed by atoms with E-state index in [1.54, 1.807) is 20.8 Å². The molecule has 0 bridgehead atoms. The van der Waals surface area contributed by atoms with Gasteiger partial charge in [-0.15, -0.1) is 0 Å². The van der Waals surface area contributed by atoms with E-state index >= 15 is 0 Å². The van der Waals surface area contributed by atoms with Crippen molar-refractivity contribution in [1.82, 2.24) is 4.90 Å². The van der Waals surface area contributed by atoms with Gasteiger partial charge in [0.15, 0.2) is 0 Å². The minimum atomic E-state index is -1.42. The van der Waals surface area contributed by atoms with Crippen LogP contribution >= 0.6 is 0 Å². The molecule has 1 aliphatic rings. The van der Waals surface area contributed by atoms with Crippen LogP contribution in [0.5, 0.6) is 0 Å². The van der Waals surface area contributed by atoms with E-state index in [4.69, 9.17) is 4.74 Å². The largest absolute Gasteiger partial charge is 0.444 e. The van der Waals surface area contributed by atoms with Gasteiger partial charge < -0.3 is 14.7 Å². The summed E-state index contributed by atoms with van der Waals surface area (Å²) in [7, 11) is 0. The Balaban J connectivity index is 2.55. The highest BCUT2D eigenvalue weighted by Gasteiger charge is 2.40. The molecular weight excluding hydrogens is 213 g/mol. The fourth-order valence-electron chi connectivity index (χ4n) is 1.49. The molecule has 1 N–H and O–H groups in total. The average Bonchev–Trinajstić information content (AvgIpc) is 2.06. The summed E-state index contributed by atoms with van der Waals surface area (Å²) in [4.78, 5) is 12.9. The first kappa shape index (κ1) is 13.2. The lowest BCUT2D eigenvalue weighted by molar-refractivity contribution is -0.0734. The maximum Gasteiger partial charge on any atom is 0.410 e. The summed E-state index contributed by atoms with van der Waals surface area (Å²) in [6.07, 6.45) is -1.72. The van der Waals surface area contributed by atoms with Gasteiger partial charge in [-0.3, -0.25) is 0 Å². The normalized spacial score (nSPS) is 31.4. The van der Waals surface area contributed by atoms with E-state index in [0.717, 1.165) is 0 Å². The third-order valence-corrected chi connectivity index (χ3v) is 2.60. The molecule has 5 heteroatoms. The van der Waals surface area contributed by atoms with Crippen molar-refractivity contribution in [2.75, 3.05) is 13.1 Å². The van der Waals surface area contributed by atoms with Crippen LogP contribution in [-0.2, 0) is 4.74 Å². The van der Waals surface area contributed by atoms with Gasteiger partial charge in [-0.1, -0.05) is 0 Å². The molecule has 1 aliphatic heterocycles. The molecule has 1 saturated heterocycles. The molecule has 94 valence electrons. The molecule has 0 aromatic rings. The first-order chi connectivity index (χ1) is 7.12. The molecular formula is C11H20FNO3. The van der Waals surface area contributed by atoms with Crippen LogP contribution in [0.15, 0.2) is 0 Å². The summed E-state index contributed by atoms with van der Waals surface area (Å²) in [5.74, 6) is 0. The Bertz CT molecular complexity index is 273. The molecule has 4 nitrogen and oxygen atoms in total. The number of carbonyl (C=O) groups excluding carboxylic acids is 1. The van der Waals surface area contributed by atoms with Crippen LogP contribution in [0.4, 0.5) is 9.18 Å². The number of aliphatic hydroxyl groups is 1. The van der Waals surface area contributed by atoms with Crippen LogP contribution in [0.3, 0.4) is 0 Å². The van der Waals surface area contributed by atoms with Crippen molar-refractivity contribution in [3.63, 3.8) is 0 Å². The zero-order valence-corrected chi connectivity index (χ0v) is 10.3. The molecule has 0 aromatic heterocycles. The number of halogens is 1. The van der Waals surface area contributed by atoms with Gasteiger partial charge in [-0.25, -0.2) is 9.18 Å². The average molecular weight is 233 g/mol. The van der Waals surface area contributed by atoms with Crippen LogP contribution in [-0.4, -0.2) is 46.6 Å². The Kier molecular flexibility index (Phi) is 3.47. The second-order valence-electron chi connectivity index (χ2n) is 5.50. The van der Waals surface area contributed by atoms with Gasteiger partial charge in [0.2, 0.25) is 0 Å². The second-order valence-corrected chi connectivity index (χ2v) is 5.50. The van der Waals surface area contributed by atoms with E-state index < -0.39 is 23.5 Å². The minimum Gasteiger partial charge on any atom is -0.444 e. The quantitative estimate of drug-likeness (QED) is 0.693. The molecule has 0 spiro atoms. The summed E-state index contributed by atoms with van der Waals surface area (Å²) < 4.78 is 18.6. The van der Waals surface area contributed by atoms with Gasteiger partial charge in [0.1, 0.15) is 11.8 Å². The Labute approximate surface area is 95.4 Å². The SMILES string of the molecule is CC(C)(C)OC(=O)N1CCC(C)(O)[C@@H](F)C1. The zero-order valence-electron chi connectivity index (χ0n) is 10.3. The predicted molar refractivity (Wildman–Crippen MR) is 57.9 cm³/mol. The van der Waals surface area contributed by atoms with Crippen molar-refractivity contribution in [1.29, 1.82) is 0 Å². The van der Waals surface area contributed by atoms with Crippen LogP contribution in [0, 0.1) is 0 Å². The van der Waals surface area contributed by atoms with Gasteiger partial charge in [0.05, 0.1) is 12.1 Å². The van der Waals surface area contributed by atoms with E-state index in [9.17, 15) is 14.3 Å². The lowest BCUT2D eigenvalue weighted by atomic mass is 9.92. The Morgan fingerprint density at radius 1 is 1.56 bits per heavy atom. The third-order valence-electron chi connectivity index (χ3n) is 2.60. The fourth-order valence-corrected chi connectivity index (χ4v) is 1.49. The summed E-state index contributed by atoms with van der Waals surface area (Å²) in [6.45, 7) is 6.95. The van der Waals surface area contributed by atoms with Gasteiger partial charge >= 0.3 is 6.09 Å². The lowest BCUT2D eigenvalue weighted by Gasteiger charge is -2.38. The Morgan fingerprint density at radius 2 is 2.12 bits per heavy atom. The Hall–Kier alpha value is -0.840. The lowest BCUT2D eigenvalue weighted by Crippen LogP contribution is -2.54. The summed E-state index contributed by atoms with van der Waals surface area (Å²) >= 11 is 0. The molecule has 0 saturated carbocycles. The second kappa shape index (κ2) is 4.20. The number of hydrogen-bond donors (Lipinski definition) is 1. The zero-order chi connectivity index (χ0) is 12.6. The number of nitrogens with zero attached hydrogens (tertiary/aromatic N) is 1. The molecule has 0 aromatic carbocycles. The highest BCUT2D eigenvalue weighted by molar-refractivity contribution is 5.68. The van der Waals surface area contributed by atoms with Gasteiger partial charge in [0.25, 0.3) is 0 Å². The molecule has 2 atom stereocenters. The van der Waals surface area contributed by atoms with Crippen molar-refractivity contribution in [3.8, 4) is 0 Å². The fraction of sp³-hybridized carbons (Fsp3) is 0.909. The highest BCUT2D eigenvalue weighted by atomic mass is 19.1. The van der Waals surface area contributed by atoms with Crippen LogP contribution < -0.4 is 0 Å². The van der Waals surface area contributed by atoms with Gasteiger partial charge in [0, 0.05) is 6.54 Å². The predicted octanol–water partition coefficient (Wildman–Crippen LogP) is 1.72. The first-order valence-electron chi connectivity index (χ1n) is 5.46. The molecule has 1 heterocycles. The maximum atomic E-state index is 13.5. The van der Waals surface area contributed by atoms with E-state index in [0.29, 0.717) is 6.54 Å². The summed E-state index contributed by atoms with van der Waals surface area (Å²) in [5, 5.41) is 9.62. The molecule has 0 radical (unpaired) electrons. The van der Waals surface area contributed by atoms with Crippen LogP contribution in [0.25, 0.3) is 0 Å². The molecule has 16 heavy (non-hydrogen) atoms. The topological polar surface area (TPSA) is 49.8 Å². The van der Waals surface area contributed by atoms with Crippen molar-refractivity contribution in [3.05, 3.63) is 0 Å². The molecule has 1 unspecified atom stereocenters. The number of piperidine rings is 1. The van der Waals surface area contributed by atoms with Crippen molar-refractivity contribution < 1.29 is 19.0 Å². The summed E-state index contributed by atoms with van der Waals surface area (Å²) in [5.41, 5.74) is -1.92. The number of carbonyl (C=O) groups is 1.